The van der Waals surface area contributed by atoms with Gasteiger partial charge in [0, 0.05) is 0 Å². The molecule has 50 valence electrons. The maximum atomic E-state index is 4.01. The zero-order valence-electron chi connectivity index (χ0n) is 7.63. The molecule has 12 heavy (non-hydrogen) atoms. The van der Waals surface area contributed by atoms with E-state index in [0.29, 0.717) is 0 Å². The van der Waals surface area contributed by atoms with Crippen molar-refractivity contribution in [3.63, 3.8) is 0 Å². The third kappa shape index (κ3) is 3.46. The SMILES string of the molecule is Cc1c[c-]c2nc[c-]n2c1.[Rb+].[Rb+]. The van der Waals surface area contributed by atoms with Gasteiger partial charge in [0.05, 0.1) is 0 Å². The minimum absolute atomic E-state index is 0. The molecule has 0 saturated heterocycles. The summed E-state index contributed by atoms with van der Waals surface area (Å²) in [5.74, 6) is 0. The molecular weight excluding hydrogens is 295 g/mol. The summed E-state index contributed by atoms with van der Waals surface area (Å²) in [7, 11) is 0. The Morgan fingerprint density at radius 3 is 2.92 bits per heavy atom. The van der Waals surface area contributed by atoms with Crippen molar-refractivity contribution < 1.29 is 116 Å². The van der Waals surface area contributed by atoms with Crippen LogP contribution in [0.4, 0.5) is 0 Å². The Morgan fingerprint density at radius 1 is 1.42 bits per heavy atom. The standard InChI is InChI=1S/C8H6N2.2Rb/c1-7-2-3-8-9-4-5-10(8)6-7;;/h2,4,6H,1H3;;/q-2;2*+1. The molecular formula is C8H6N2Rb2. The molecule has 2 heterocycles. The summed E-state index contributed by atoms with van der Waals surface area (Å²) in [5.41, 5.74) is 1.99. The molecule has 0 aromatic carbocycles. The van der Waals surface area contributed by atoms with Crippen molar-refractivity contribution in [1.29, 1.82) is 0 Å². The molecule has 2 nitrogen and oxygen atoms in total. The second-order valence-corrected chi connectivity index (χ2v) is 2.24. The number of imidazole rings is 1. The molecule has 0 bridgehead atoms. The number of aromatic nitrogens is 2. The van der Waals surface area contributed by atoms with Crippen LogP contribution in [0, 0.1) is 19.2 Å². The third-order valence-corrected chi connectivity index (χ3v) is 1.37. The average molecular weight is 301 g/mol. The molecule has 0 aliphatic carbocycles. The van der Waals surface area contributed by atoms with Crippen LogP contribution >= 0.6 is 0 Å². The Bertz CT molecular complexity index is 357. The largest absolute Gasteiger partial charge is 1.00 e. The van der Waals surface area contributed by atoms with Crippen LogP contribution in [0.25, 0.3) is 5.65 Å². The summed E-state index contributed by atoms with van der Waals surface area (Å²) in [6.07, 6.45) is 6.55. The van der Waals surface area contributed by atoms with Crippen molar-refractivity contribution in [2.75, 3.05) is 0 Å². The zero-order chi connectivity index (χ0) is 6.97. The Morgan fingerprint density at radius 2 is 2.17 bits per heavy atom. The first-order valence-electron chi connectivity index (χ1n) is 3.09. The van der Waals surface area contributed by atoms with Gasteiger partial charge in [0.15, 0.2) is 0 Å². The fourth-order valence-corrected chi connectivity index (χ4v) is 0.900. The van der Waals surface area contributed by atoms with E-state index in [2.05, 4.69) is 17.2 Å². The first-order chi connectivity index (χ1) is 4.86. The van der Waals surface area contributed by atoms with Gasteiger partial charge in [-0.25, -0.2) is 5.56 Å². The molecule has 0 N–H and O–H groups in total. The summed E-state index contributed by atoms with van der Waals surface area (Å²) in [6.45, 7) is 2.02. The first-order valence-corrected chi connectivity index (χ1v) is 3.09. The molecule has 2 aromatic heterocycles. The van der Waals surface area contributed by atoms with Crippen LogP contribution in [0.1, 0.15) is 5.56 Å². The molecule has 0 saturated carbocycles. The summed E-state index contributed by atoms with van der Waals surface area (Å²) in [6, 6.07) is 4.93. The number of rotatable bonds is 0. The van der Waals surface area contributed by atoms with Gasteiger partial charge in [-0.1, -0.05) is 11.8 Å². The van der Waals surface area contributed by atoms with E-state index in [4.69, 9.17) is 0 Å². The van der Waals surface area contributed by atoms with Crippen LogP contribution in [-0.2, 0) is 0 Å². The average Bonchev–Trinajstić information content (AvgIpc) is 2.33. The molecule has 0 unspecified atom stereocenters. The van der Waals surface area contributed by atoms with Gasteiger partial charge in [-0.05, 0) is 6.20 Å². The normalized spacial score (nSPS) is 8.75. The Hall–Kier alpha value is 2.30. The monoisotopic (exact) mass is 300 g/mol. The van der Waals surface area contributed by atoms with Gasteiger partial charge in [0.2, 0.25) is 0 Å². The third-order valence-electron chi connectivity index (χ3n) is 1.37. The van der Waals surface area contributed by atoms with E-state index >= 15 is 0 Å². The van der Waals surface area contributed by atoms with Crippen molar-refractivity contribution in [2.45, 2.75) is 6.92 Å². The van der Waals surface area contributed by atoms with E-state index < -0.39 is 0 Å². The topological polar surface area (TPSA) is 17.3 Å². The molecule has 0 atom stereocenters. The molecule has 0 aliphatic rings. The number of hydrogen-bond donors (Lipinski definition) is 0. The predicted octanol–water partition coefficient (Wildman–Crippen LogP) is -4.75. The van der Waals surface area contributed by atoms with Gasteiger partial charge >= 0.3 is 116 Å². The van der Waals surface area contributed by atoms with Gasteiger partial charge in [0.25, 0.3) is 0 Å². The fraction of sp³-hybridized carbons (Fsp3) is 0.125. The van der Waals surface area contributed by atoms with Crippen LogP contribution in [0.2, 0.25) is 0 Å². The Labute approximate surface area is 170 Å². The second-order valence-electron chi connectivity index (χ2n) is 2.24. The fourth-order valence-electron chi connectivity index (χ4n) is 0.900. The van der Waals surface area contributed by atoms with Crippen LogP contribution in [-0.4, -0.2) is 9.38 Å². The van der Waals surface area contributed by atoms with Gasteiger partial charge < -0.3 is 9.38 Å². The van der Waals surface area contributed by atoms with E-state index in [1.54, 1.807) is 6.20 Å². The number of hydrogen-bond acceptors (Lipinski definition) is 1. The molecule has 4 heteroatoms. The maximum absolute atomic E-state index is 4.01. The minimum Gasteiger partial charge on any atom is -0.499 e. The number of aryl methyl sites for hydroxylation is 1. The maximum Gasteiger partial charge on any atom is 1.00 e. The van der Waals surface area contributed by atoms with Crippen LogP contribution in [0.3, 0.4) is 0 Å². The quantitative estimate of drug-likeness (QED) is 0.447. The van der Waals surface area contributed by atoms with Crippen molar-refractivity contribution in [3.05, 3.63) is 36.3 Å². The van der Waals surface area contributed by atoms with Crippen molar-refractivity contribution in [2.24, 2.45) is 0 Å². The first kappa shape index (κ1) is 14.3. The van der Waals surface area contributed by atoms with E-state index in [-0.39, 0.29) is 116 Å². The number of fused-ring (bicyclic) bond motifs is 1. The summed E-state index contributed by atoms with van der Waals surface area (Å²) >= 11 is 0. The van der Waals surface area contributed by atoms with Crippen molar-refractivity contribution in [3.8, 4) is 0 Å². The Kier molecular flexibility index (Phi) is 8.01. The molecule has 2 rings (SSSR count). The molecule has 0 fully saturated rings. The molecule has 2 aromatic rings. The van der Waals surface area contributed by atoms with E-state index in [1.165, 1.54) is 5.56 Å². The number of pyridine rings is 1. The summed E-state index contributed by atoms with van der Waals surface area (Å²) < 4.78 is 1.83. The van der Waals surface area contributed by atoms with Crippen molar-refractivity contribution >= 4 is 5.65 Å². The molecule has 0 amide bonds. The van der Waals surface area contributed by atoms with Gasteiger partial charge in [0.1, 0.15) is 0 Å². The molecule has 0 radical (unpaired) electrons. The van der Waals surface area contributed by atoms with Crippen LogP contribution < -0.4 is 116 Å². The van der Waals surface area contributed by atoms with Crippen LogP contribution in [0.5, 0.6) is 0 Å². The molecule has 0 spiro atoms. The second kappa shape index (κ2) is 6.72. The van der Waals surface area contributed by atoms with Crippen LogP contribution in [0.15, 0.2) is 18.5 Å². The minimum atomic E-state index is 0. The van der Waals surface area contributed by atoms with Crippen molar-refractivity contribution in [1.82, 2.24) is 9.38 Å². The predicted molar refractivity (Wildman–Crippen MR) is 37.6 cm³/mol. The van der Waals surface area contributed by atoms with Gasteiger partial charge in [-0.3, -0.25) is 12.1 Å². The Balaban J connectivity index is 0.000000605. The van der Waals surface area contributed by atoms with E-state index in [1.807, 2.05) is 23.6 Å². The zero-order valence-corrected chi connectivity index (χ0v) is 17.5. The molecule has 0 aliphatic heterocycles. The summed E-state index contributed by atoms with van der Waals surface area (Å²) in [5, 5.41) is 0. The van der Waals surface area contributed by atoms with Gasteiger partial charge in [-0.2, -0.15) is 6.20 Å². The number of nitrogens with zero attached hydrogens (tertiary/aromatic N) is 2. The van der Waals surface area contributed by atoms with E-state index in [0.717, 1.165) is 5.65 Å². The smallest absolute Gasteiger partial charge is 0.499 e. The van der Waals surface area contributed by atoms with Gasteiger partial charge in [-0.15, -0.1) is 6.92 Å². The van der Waals surface area contributed by atoms with E-state index in [9.17, 15) is 0 Å². The summed E-state index contributed by atoms with van der Waals surface area (Å²) in [4.78, 5) is 4.01.